The predicted molar refractivity (Wildman–Crippen MR) is 65.1 cm³/mol. The number of hydrogen-bond donors (Lipinski definition) is 2. The molecule has 0 aliphatic carbocycles. The summed E-state index contributed by atoms with van der Waals surface area (Å²) >= 11 is 1.36. The van der Waals surface area contributed by atoms with Crippen molar-refractivity contribution >= 4 is 23.7 Å². The number of furan rings is 1. The van der Waals surface area contributed by atoms with Crippen LogP contribution in [0.15, 0.2) is 15.6 Å². The van der Waals surface area contributed by atoms with Gasteiger partial charge in [-0.05, 0) is 13.0 Å². The van der Waals surface area contributed by atoms with E-state index in [1.807, 2.05) is 0 Å². The van der Waals surface area contributed by atoms with E-state index in [0.29, 0.717) is 16.7 Å². The topological polar surface area (TPSA) is 107 Å². The van der Waals surface area contributed by atoms with Gasteiger partial charge in [0.1, 0.15) is 5.76 Å². The molecular formula is C10H12N4O3S. The van der Waals surface area contributed by atoms with E-state index < -0.39 is 5.97 Å². The average molecular weight is 268 g/mol. The van der Waals surface area contributed by atoms with Gasteiger partial charge in [0.25, 0.3) is 0 Å². The van der Waals surface area contributed by atoms with Crippen LogP contribution in [0.25, 0.3) is 0 Å². The Kier molecular flexibility index (Phi) is 3.56. The molecule has 0 radical (unpaired) electrons. The van der Waals surface area contributed by atoms with E-state index in [1.165, 1.54) is 18.9 Å². The number of ether oxygens (including phenoxy) is 1. The van der Waals surface area contributed by atoms with Crippen LogP contribution in [0.2, 0.25) is 0 Å². The fraction of sp³-hybridized carbons (Fsp3) is 0.300. The summed E-state index contributed by atoms with van der Waals surface area (Å²) in [5, 5.41) is 6.95. The summed E-state index contributed by atoms with van der Waals surface area (Å²) in [5.74, 6) is 1.17. The molecule has 2 aromatic heterocycles. The van der Waals surface area contributed by atoms with Gasteiger partial charge in [-0.25, -0.2) is 9.89 Å². The Labute approximate surface area is 107 Å². The number of H-pyrrole nitrogens is 1. The largest absolute Gasteiger partial charge is 0.463 e. The highest BCUT2D eigenvalue weighted by Gasteiger charge is 2.16. The molecule has 0 amide bonds. The lowest BCUT2D eigenvalue weighted by molar-refractivity contribution is 0.0562. The number of nitrogen functional groups attached to an aromatic ring is 1. The number of esters is 1. The summed E-state index contributed by atoms with van der Waals surface area (Å²) < 4.78 is 10.0. The molecule has 2 aromatic rings. The van der Waals surface area contributed by atoms with Gasteiger partial charge in [-0.15, -0.1) is 5.10 Å². The first-order valence-electron chi connectivity index (χ1n) is 5.08. The second-order valence-electron chi connectivity index (χ2n) is 3.51. The zero-order chi connectivity index (χ0) is 13.1. The molecule has 7 nitrogen and oxygen atoms in total. The Morgan fingerprint density at radius 2 is 2.44 bits per heavy atom. The molecule has 2 rings (SSSR count). The number of methoxy groups -OCH3 is 1. The average Bonchev–Trinajstić information content (AvgIpc) is 2.92. The molecule has 96 valence electrons. The van der Waals surface area contributed by atoms with Crippen LogP contribution in [0.1, 0.15) is 21.9 Å². The quantitative estimate of drug-likeness (QED) is 0.636. The first-order chi connectivity index (χ1) is 8.60. The first kappa shape index (κ1) is 12.5. The second kappa shape index (κ2) is 5.13. The van der Waals surface area contributed by atoms with Crippen LogP contribution in [0.4, 0.5) is 5.95 Å². The molecule has 0 saturated carbocycles. The van der Waals surface area contributed by atoms with Crippen LogP contribution in [-0.4, -0.2) is 28.3 Å². The minimum Gasteiger partial charge on any atom is -0.463 e. The molecule has 0 aliphatic heterocycles. The SMILES string of the molecule is COC(=O)c1oc(CSc2n[nH]c(N)n2)cc1C. The monoisotopic (exact) mass is 268 g/mol. The molecule has 0 atom stereocenters. The Balaban J connectivity index is 2.04. The van der Waals surface area contributed by atoms with Gasteiger partial charge in [0.15, 0.2) is 0 Å². The summed E-state index contributed by atoms with van der Waals surface area (Å²) in [5.41, 5.74) is 6.15. The lowest BCUT2D eigenvalue weighted by atomic mass is 10.3. The Bertz CT molecular complexity index is 563. The zero-order valence-corrected chi connectivity index (χ0v) is 10.7. The lowest BCUT2D eigenvalue weighted by Crippen LogP contribution is -2.00. The molecule has 0 saturated heterocycles. The van der Waals surface area contributed by atoms with Crippen molar-refractivity contribution in [1.29, 1.82) is 0 Å². The van der Waals surface area contributed by atoms with Gasteiger partial charge in [-0.1, -0.05) is 11.8 Å². The zero-order valence-electron chi connectivity index (χ0n) is 9.89. The summed E-state index contributed by atoms with van der Waals surface area (Å²) in [7, 11) is 1.31. The van der Waals surface area contributed by atoms with Gasteiger partial charge in [-0.3, -0.25) is 0 Å². The number of aromatic nitrogens is 3. The number of nitrogens with zero attached hydrogens (tertiary/aromatic N) is 2. The molecule has 18 heavy (non-hydrogen) atoms. The molecule has 0 unspecified atom stereocenters. The van der Waals surface area contributed by atoms with Crippen molar-refractivity contribution < 1.29 is 13.9 Å². The summed E-state index contributed by atoms with van der Waals surface area (Å²) in [6, 6.07) is 1.79. The van der Waals surface area contributed by atoms with Crippen molar-refractivity contribution in [1.82, 2.24) is 15.2 Å². The van der Waals surface area contributed by atoms with Crippen molar-refractivity contribution in [3.8, 4) is 0 Å². The molecule has 0 fully saturated rings. The normalized spacial score (nSPS) is 10.6. The fourth-order valence-corrected chi connectivity index (χ4v) is 2.06. The number of carbonyl (C=O) groups is 1. The number of aromatic amines is 1. The number of rotatable bonds is 4. The van der Waals surface area contributed by atoms with Gasteiger partial charge in [0.05, 0.1) is 12.9 Å². The number of thioether (sulfide) groups is 1. The first-order valence-corrected chi connectivity index (χ1v) is 6.07. The minimum atomic E-state index is -0.481. The maximum Gasteiger partial charge on any atom is 0.374 e. The molecule has 0 aliphatic rings. The highest BCUT2D eigenvalue weighted by atomic mass is 32.2. The van der Waals surface area contributed by atoms with Gasteiger partial charge < -0.3 is 14.9 Å². The van der Waals surface area contributed by atoms with Crippen molar-refractivity contribution in [2.45, 2.75) is 17.8 Å². The third kappa shape index (κ3) is 2.65. The van der Waals surface area contributed by atoms with E-state index in [-0.39, 0.29) is 11.7 Å². The van der Waals surface area contributed by atoms with Crippen LogP contribution in [-0.2, 0) is 10.5 Å². The molecule has 0 aromatic carbocycles. The maximum absolute atomic E-state index is 11.4. The van der Waals surface area contributed by atoms with Gasteiger partial charge in [-0.2, -0.15) is 4.98 Å². The van der Waals surface area contributed by atoms with E-state index in [2.05, 4.69) is 19.9 Å². The van der Waals surface area contributed by atoms with E-state index in [9.17, 15) is 4.79 Å². The van der Waals surface area contributed by atoms with E-state index in [1.54, 1.807) is 13.0 Å². The van der Waals surface area contributed by atoms with Crippen LogP contribution in [0.3, 0.4) is 0 Å². The van der Waals surface area contributed by atoms with Crippen LogP contribution >= 0.6 is 11.8 Å². The van der Waals surface area contributed by atoms with Gasteiger partial charge in [0.2, 0.25) is 16.9 Å². The molecule has 8 heteroatoms. The van der Waals surface area contributed by atoms with Crippen molar-refractivity contribution in [3.05, 3.63) is 23.2 Å². The summed E-state index contributed by atoms with van der Waals surface area (Å²) in [6.45, 7) is 1.79. The molecular weight excluding hydrogens is 256 g/mol. The minimum absolute atomic E-state index is 0.225. The number of carbonyl (C=O) groups excluding carboxylic acids is 1. The van der Waals surface area contributed by atoms with Crippen molar-refractivity contribution in [2.75, 3.05) is 12.8 Å². The number of aryl methyl sites for hydroxylation is 1. The smallest absolute Gasteiger partial charge is 0.374 e. The number of hydrogen-bond acceptors (Lipinski definition) is 7. The third-order valence-corrected chi connectivity index (χ3v) is 3.03. The fourth-order valence-electron chi connectivity index (χ4n) is 1.37. The Hall–Kier alpha value is -1.96. The van der Waals surface area contributed by atoms with Gasteiger partial charge in [0, 0.05) is 5.56 Å². The van der Waals surface area contributed by atoms with Gasteiger partial charge >= 0.3 is 5.97 Å². The van der Waals surface area contributed by atoms with Crippen LogP contribution in [0, 0.1) is 6.92 Å². The molecule has 0 bridgehead atoms. The third-order valence-electron chi connectivity index (χ3n) is 2.17. The van der Waals surface area contributed by atoms with E-state index >= 15 is 0 Å². The predicted octanol–water partition coefficient (Wildman–Crippen LogP) is 1.37. The number of anilines is 1. The van der Waals surface area contributed by atoms with E-state index in [0.717, 1.165) is 5.56 Å². The number of nitrogens with one attached hydrogen (secondary N) is 1. The second-order valence-corrected chi connectivity index (χ2v) is 4.45. The highest BCUT2D eigenvalue weighted by molar-refractivity contribution is 7.98. The van der Waals surface area contributed by atoms with Crippen LogP contribution in [0.5, 0.6) is 0 Å². The Morgan fingerprint density at radius 1 is 1.67 bits per heavy atom. The number of nitrogens with two attached hydrogens (primary N) is 1. The summed E-state index contributed by atoms with van der Waals surface area (Å²) in [6.07, 6.45) is 0. The highest BCUT2D eigenvalue weighted by Crippen LogP contribution is 2.23. The van der Waals surface area contributed by atoms with Crippen molar-refractivity contribution in [2.24, 2.45) is 0 Å². The maximum atomic E-state index is 11.4. The lowest BCUT2D eigenvalue weighted by Gasteiger charge is -1.95. The van der Waals surface area contributed by atoms with E-state index in [4.69, 9.17) is 10.2 Å². The van der Waals surface area contributed by atoms with Crippen LogP contribution < -0.4 is 5.73 Å². The molecule has 3 N–H and O–H groups in total. The summed E-state index contributed by atoms with van der Waals surface area (Å²) in [4.78, 5) is 15.3. The standard InChI is InChI=1S/C10H12N4O3S/c1-5-3-6(17-7(5)8(15)16-2)4-18-10-12-9(11)13-14-10/h3H,4H2,1-2H3,(H3,11,12,13,14). The molecule has 2 heterocycles. The Morgan fingerprint density at radius 3 is 3.06 bits per heavy atom. The van der Waals surface area contributed by atoms with Crippen molar-refractivity contribution in [3.63, 3.8) is 0 Å². The molecule has 0 spiro atoms.